The summed E-state index contributed by atoms with van der Waals surface area (Å²) in [4.78, 5) is 36.8. The molecule has 0 spiro atoms. The summed E-state index contributed by atoms with van der Waals surface area (Å²) in [6.07, 6.45) is 39.5. The molecular formula is C48H94NO8+. The Morgan fingerprint density at radius 3 is 1.12 bits per heavy atom. The second-order valence-electron chi connectivity index (χ2n) is 17.8. The Morgan fingerprint density at radius 2 is 0.789 bits per heavy atom. The Morgan fingerprint density at radius 1 is 0.456 bits per heavy atom. The summed E-state index contributed by atoms with van der Waals surface area (Å²) in [6, 6.07) is 0. The van der Waals surface area contributed by atoms with E-state index in [0.717, 1.165) is 51.4 Å². The van der Waals surface area contributed by atoms with Crippen LogP contribution in [-0.2, 0) is 33.3 Å². The van der Waals surface area contributed by atoms with Crippen LogP contribution in [0.4, 0.5) is 0 Å². The van der Waals surface area contributed by atoms with Gasteiger partial charge in [-0.1, -0.05) is 206 Å². The molecule has 0 aromatic rings. The van der Waals surface area contributed by atoms with Crippen LogP contribution in [0, 0.1) is 0 Å². The number of quaternary nitrogens is 1. The monoisotopic (exact) mass is 813 g/mol. The summed E-state index contributed by atoms with van der Waals surface area (Å²) in [7, 11) is 5.95. The minimum absolute atomic E-state index is 0.176. The van der Waals surface area contributed by atoms with Gasteiger partial charge in [-0.15, -0.1) is 0 Å². The molecular weight excluding hydrogens is 719 g/mol. The molecule has 0 aliphatic heterocycles. The highest BCUT2D eigenvalue weighted by Gasteiger charge is 2.25. The van der Waals surface area contributed by atoms with Crippen molar-refractivity contribution in [2.24, 2.45) is 0 Å². The third-order valence-corrected chi connectivity index (χ3v) is 10.9. The molecule has 0 heterocycles. The Kier molecular flexibility index (Phi) is 39.8. The fourth-order valence-electron chi connectivity index (χ4n) is 7.07. The maximum absolute atomic E-state index is 12.7. The van der Waals surface area contributed by atoms with Crippen LogP contribution >= 0.6 is 0 Å². The lowest BCUT2D eigenvalue weighted by Gasteiger charge is -2.25. The van der Waals surface area contributed by atoms with Crippen LogP contribution in [0.2, 0.25) is 0 Å². The minimum Gasteiger partial charge on any atom is -0.477 e. The third kappa shape index (κ3) is 42.2. The molecule has 0 rings (SSSR count). The van der Waals surface area contributed by atoms with Crippen LogP contribution in [-0.4, -0.2) is 87.4 Å². The van der Waals surface area contributed by atoms with Gasteiger partial charge in [-0.3, -0.25) is 9.59 Å². The minimum atomic E-state index is -1.50. The highest BCUT2D eigenvalue weighted by molar-refractivity contribution is 5.71. The van der Waals surface area contributed by atoms with Gasteiger partial charge in [0, 0.05) is 12.8 Å². The van der Waals surface area contributed by atoms with Gasteiger partial charge in [-0.05, 0) is 12.8 Å². The van der Waals surface area contributed by atoms with E-state index in [9.17, 15) is 19.5 Å². The van der Waals surface area contributed by atoms with Crippen molar-refractivity contribution in [1.82, 2.24) is 0 Å². The molecule has 9 heteroatoms. The summed E-state index contributed by atoms with van der Waals surface area (Å²) >= 11 is 0. The first-order valence-corrected chi connectivity index (χ1v) is 24.2. The molecule has 0 saturated heterocycles. The largest absolute Gasteiger partial charge is 0.477 e. The number of esters is 2. The number of hydrogen-bond acceptors (Lipinski definition) is 7. The van der Waals surface area contributed by atoms with Crippen LogP contribution in [0.25, 0.3) is 0 Å². The Balaban J connectivity index is 3.98. The average Bonchev–Trinajstić information content (AvgIpc) is 3.17. The zero-order chi connectivity index (χ0) is 42.1. The SMILES string of the molecule is CCCCCCCCCCCCCCCCCCCCCCCCCCCCCC(=O)OC(COC(=O)CCCCCCC)COC(OCC[N+](C)(C)C)C(=O)O. The molecule has 57 heavy (non-hydrogen) atoms. The highest BCUT2D eigenvalue weighted by Crippen LogP contribution is 2.17. The van der Waals surface area contributed by atoms with Crippen LogP contribution in [0.1, 0.15) is 232 Å². The second kappa shape index (κ2) is 41.0. The average molecular weight is 813 g/mol. The molecule has 0 amide bonds. The molecule has 0 saturated carbocycles. The van der Waals surface area contributed by atoms with Crippen LogP contribution < -0.4 is 0 Å². The van der Waals surface area contributed by atoms with E-state index < -0.39 is 24.3 Å². The molecule has 0 fully saturated rings. The lowest BCUT2D eigenvalue weighted by Crippen LogP contribution is -2.40. The van der Waals surface area contributed by atoms with Gasteiger partial charge in [0.2, 0.25) is 0 Å². The lowest BCUT2D eigenvalue weighted by molar-refractivity contribution is -0.870. The van der Waals surface area contributed by atoms with Crippen molar-refractivity contribution in [3.63, 3.8) is 0 Å². The Labute approximate surface area is 352 Å². The van der Waals surface area contributed by atoms with E-state index in [1.165, 1.54) is 154 Å². The Bertz CT molecular complexity index is 907. The quantitative estimate of drug-likeness (QED) is 0.0280. The highest BCUT2D eigenvalue weighted by atomic mass is 16.7. The Hall–Kier alpha value is -1.71. The first-order valence-electron chi connectivity index (χ1n) is 24.2. The normalized spacial score (nSPS) is 12.8. The predicted octanol–water partition coefficient (Wildman–Crippen LogP) is 12.9. The number of unbranched alkanes of at least 4 members (excludes halogenated alkanes) is 30. The van der Waals surface area contributed by atoms with Crippen molar-refractivity contribution in [3.8, 4) is 0 Å². The topological polar surface area (TPSA) is 108 Å². The van der Waals surface area contributed by atoms with Crippen LogP contribution in [0.3, 0.4) is 0 Å². The van der Waals surface area contributed by atoms with E-state index in [4.69, 9.17) is 18.9 Å². The van der Waals surface area contributed by atoms with E-state index in [-0.39, 0.29) is 32.2 Å². The van der Waals surface area contributed by atoms with Crippen LogP contribution in [0.5, 0.6) is 0 Å². The number of carboxylic acids is 1. The number of aliphatic carboxylic acids is 1. The number of rotatable bonds is 45. The number of nitrogens with zero attached hydrogens (tertiary/aromatic N) is 1. The molecule has 2 atom stereocenters. The molecule has 9 nitrogen and oxygen atoms in total. The summed E-state index contributed by atoms with van der Waals surface area (Å²) in [5, 5.41) is 9.59. The van der Waals surface area contributed by atoms with Gasteiger partial charge < -0.3 is 28.5 Å². The molecule has 2 unspecified atom stereocenters. The first-order chi connectivity index (χ1) is 27.6. The van der Waals surface area contributed by atoms with Crippen LogP contribution in [0.15, 0.2) is 0 Å². The first kappa shape index (κ1) is 55.3. The van der Waals surface area contributed by atoms with Crippen molar-refractivity contribution in [1.29, 1.82) is 0 Å². The summed E-state index contributed by atoms with van der Waals surface area (Å²) in [5.74, 6) is -2.00. The molecule has 0 aliphatic carbocycles. The van der Waals surface area contributed by atoms with Crippen molar-refractivity contribution >= 4 is 17.9 Å². The van der Waals surface area contributed by atoms with E-state index >= 15 is 0 Å². The third-order valence-electron chi connectivity index (χ3n) is 10.9. The second-order valence-corrected chi connectivity index (χ2v) is 17.8. The predicted molar refractivity (Wildman–Crippen MR) is 235 cm³/mol. The van der Waals surface area contributed by atoms with Gasteiger partial charge >= 0.3 is 17.9 Å². The standard InChI is InChI=1S/C48H93NO8/c1-6-8-10-12-13-14-15-16-17-18-19-20-21-22-23-24-25-26-27-28-29-30-31-32-33-35-37-39-46(51)57-44(42-55-45(50)38-36-34-11-9-7-2)43-56-48(47(52)53)54-41-40-49(3,4)5/h44,48H,6-43H2,1-5H3/p+1. The van der Waals surface area contributed by atoms with Gasteiger partial charge in [0.05, 0.1) is 34.4 Å². The van der Waals surface area contributed by atoms with E-state index in [0.29, 0.717) is 17.4 Å². The summed E-state index contributed by atoms with van der Waals surface area (Å²) in [5.41, 5.74) is 0. The van der Waals surface area contributed by atoms with E-state index in [1.54, 1.807) is 0 Å². The molecule has 0 radical (unpaired) electrons. The van der Waals surface area contributed by atoms with Gasteiger partial charge in [-0.25, -0.2) is 4.79 Å². The molecule has 0 bridgehead atoms. The zero-order valence-electron chi connectivity index (χ0n) is 38.3. The van der Waals surface area contributed by atoms with Crippen molar-refractivity contribution in [3.05, 3.63) is 0 Å². The number of carbonyl (C=O) groups excluding carboxylic acids is 2. The fraction of sp³-hybridized carbons (Fsp3) is 0.938. The maximum atomic E-state index is 12.7. The fourth-order valence-corrected chi connectivity index (χ4v) is 7.07. The number of hydrogen-bond donors (Lipinski definition) is 1. The smallest absolute Gasteiger partial charge is 0.361 e. The number of ether oxygens (including phenoxy) is 4. The van der Waals surface area contributed by atoms with Crippen molar-refractivity contribution in [2.75, 3.05) is 47.5 Å². The molecule has 338 valence electrons. The number of carboxylic acid groups (broad SMARTS) is 1. The van der Waals surface area contributed by atoms with Gasteiger partial charge in [-0.2, -0.15) is 0 Å². The maximum Gasteiger partial charge on any atom is 0.361 e. The van der Waals surface area contributed by atoms with Crippen molar-refractivity contribution < 1.29 is 42.9 Å². The lowest BCUT2D eigenvalue weighted by atomic mass is 10.0. The zero-order valence-corrected chi connectivity index (χ0v) is 38.3. The van der Waals surface area contributed by atoms with Gasteiger partial charge in [0.25, 0.3) is 6.29 Å². The number of likely N-dealkylation sites (N-methyl/N-ethyl adjacent to an activating group) is 1. The van der Waals surface area contributed by atoms with Crippen molar-refractivity contribution in [2.45, 2.75) is 245 Å². The summed E-state index contributed by atoms with van der Waals surface area (Å²) in [6.45, 7) is 4.81. The number of carbonyl (C=O) groups is 3. The molecule has 0 aromatic carbocycles. The van der Waals surface area contributed by atoms with E-state index in [1.807, 2.05) is 21.1 Å². The van der Waals surface area contributed by atoms with Gasteiger partial charge in [0.15, 0.2) is 6.10 Å². The van der Waals surface area contributed by atoms with E-state index in [2.05, 4.69) is 13.8 Å². The van der Waals surface area contributed by atoms with Gasteiger partial charge in [0.1, 0.15) is 13.2 Å². The molecule has 0 aliphatic rings. The molecule has 1 N–H and O–H groups in total. The summed E-state index contributed by atoms with van der Waals surface area (Å²) < 4.78 is 22.6. The molecule has 0 aromatic heterocycles.